The number of nitrogen functional groups attached to an aromatic ring is 1. The Morgan fingerprint density at radius 1 is 0.887 bits per heavy atom. The van der Waals surface area contributed by atoms with E-state index in [1.54, 1.807) is 38.2 Å². The highest BCUT2D eigenvalue weighted by Gasteiger charge is 2.45. The van der Waals surface area contributed by atoms with Crippen molar-refractivity contribution in [2.24, 2.45) is 0 Å². The van der Waals surface area contributed by atoms with Gasteiger partial charge >= 0.3 is 0 Å². The van der Waals surface area contributed by atoms with E-state index in [1.807, 2.05) is 11.5 Å². The number of fused-ring (bicyclic) bond motifs is 2. The van der Waals surface area contributed by atoms with Crippen LogP contribution in [0.15, 0.2) is 29.0 Å². The van der Waals surface area contributed by atoms with E-state index in [4.69, 9.17) is 43.8 Å². The summed E-state index contributed by atoms with van der Waals surface area (Å²) in [6.45, 7) is 10.7. The van der Waals surface area contributed by atoms with Gasteiger partial charge in [0, 0.05) is 38.2 Å². The van der Waals surface area contributed by atoms with Crippen LogP contribution in [0.5, 0.6) is 5.75 Å². The van der Waals surface area contributed by atoms with E-state index in [-0.39, 0.29) is 35.7 Å². The number of aryl methyl sites for hydroxylation is 1. The van der Waals surface area contributed by atoms with Crippen LogP contribution < -0.4 is 26.4 Å². The van der Waals surface area contributed by atoms with Gasteiger partial charge in [0.15, 0.2) is 23.1 Å². The van der Waals surface area contributed by atoms with Gasteiger partial charge in [-0.3, -0.25) is 34.2 Å². The number of carbonyl (C=O) groups excluding carboxylic acids is 5. The first-order chi connectivity index (χ1) is 34.4. The highest BCUT2D eigenvalue weighted by molar-refractivity contribution is 6.25. The zero-order valence-corrected chi connectivity index (χ0v) is 40.5. The SMILES string of the molecule is CCn1c(-c2nonc2N)nc2c(C#CC(C)(C)O)ncc(OCCCCCCCC(=O)NCCOCCOCCOCCOCCOCCNc3cccc4c3C(=O)N(C3CCC(=O)NC3=O)C4=O)c21. The molecule has 0 bridgehead atoms. The van der Waals surface area contributed by atoms with Crippen LogP contribution >= 0.6 is 0 Å². The summed E-state index contributed by atoms with van der Waals surface area (Å²) in [5.41, 5.74) is 7.49. The molecule has 1 saturated heterocycles. The predicted molar refractivity (Wildman–Crippen MR) is 256 cm³/mol. The Morgan fingerprint density at radius 3 is 2.20 bits per heavy atom. The van der Waals surface area contributed by atoms with Gasteiger partial charge in [0.2, 0.25) is 17.7 Å². The number of aromatic nitrogens is 5. The second-order valence-electron chi connectivity index (χ2n) is 17.0. The third-order valence-corrected chi connectivity index (χ3v) is 11.2. The fraction of sp³-hybridized carbons (Fsp3) is 0.562. The summed E-state index contributed by atoms with van der Waals surface area (Å²) >= 11 is 0. The van der Waals surface area contributed by atoms with E-state index in [2.05, 4.69) is 43.1 Å². The number of nitrogens with one attached hydrogen (secondary N) is 3. The minimum absolute atomic E-state index is 0.00747. The van der Waals surface area contributed by atoms with Crippen molar-refractivity contribution in [2.75, 3.05) is 96.8 Å². The average molecular weight is 989 g/mol. The molecule has 1 fully saturated rings. The number of imide groups is 2. The number of carbonyl (C=O) groups is 5. The van der Waals surface area contributed by atoms with Gasteiger partial charge in [-0.2, -0.15) is 0 Å². The number of aliphatic hydroxyl groups is 1. The molecule has 23 nitrogen and oxygen atoms in total. The molecule has 5 heterocycles. The lowest BCUT2D eigenvalue weighted by Crippen LogP contribution is -2.54. The monoisotopic (exact) mass is 988 g/mol. The van der Waals surface area contributed by atoms with Crippen LogP contribution in [0.1, 0.15) is 98.5 Å². The molecule has 0 aliphatic carbocycles. The van der Waals surface area contributed by atoms with Gasteiger partial charge in [-0.05, 0) is 68.4 Å². The molecular formula is C48H64N10O13. The number of ether oxygens (including phenoxy) is 6. The predicted octanol–water partition coefficient (Wildman–Crippen LogP) is 2.64. The van der Waals surface area contributed by atoms with E-state index < -0.39 is 35.3 Å². The quantitative estimate of drug-likeness (QED) is 0.0275. The third kappa shape index (κ3) is 15.5. The molecule has 6 N–H and O–H groups in total. The van der Waals surface area contributed by atoms with Crippen LogP contribution in [-0.2, 0) is 44.6 Å². The number of pyridine rings is 1. The van der Waals surface area contributed by atoms with Crippen molar-refractivity contribution in [3.05, 3.63) is 41.2 Å². The van der Waals surface area contributed by atoms with Crippen molar-refractivity contribution in [2.45, 2.75) is 90.3 Å². The fourth-order valence-electron chi connectivity index (χ4n) is 7.71. The van der Waals surface area contributed by atoms with Gasteiger partial charge in [0.1, 0.15) is 28.4 Å². The molecule has 0 saturated carbocycles. The average Bonchev–Trinajstić information content (AvgIpc) is 4.02. The van der Waals surface area contributed by atoms with E-state index in [9.17, 15) is 29.1 Å². The lowest BCUT2D eigenvalue weighted by molar-refractivity contribution is -0.136. The van der Waals surface area contributed by atoms with Gasteiger partial charge in [0.05, 0.1) is 90.0 Å². The van der Waals surface area contributed by atoms with Crippen LogP contribution in [0.4, 0.5) is 11.5 Å². The van der Waals surface area contributed by atoms with Gasteiger partial charge in [-0.15, -0.1) is 0 Å². The Labute approximate surface area is 411 Å². The molecule has 6 rings (SSSR count). The molecule has 4 aromatic rings. The third-order valence-electron chi connectivity index (χ3n) is 11.2. The van der Waals surface area contributed by atoms with E-state index in [1.165, 1.54) is 0 Å². The molecule has 384 valence electrons. The Morgan fingerprint density at radius 2 is 1.55 bits per heavy atom. The molecule has 71 heavy (non-hydrogen) atoms. The number of anilines is 2. The summed E-state index contributed by atoms with van der Waals surface area (Å²) in [7, 11) is 0. The number of hydrogen-bond acceptors (Lipinski definition) is 19. The van der Waals surface area contributed by atoms with Crippen molar-refractivity contribution >= 4 is 52.1 Å². The van der Waals surface area contributed by atoms with Gasteiger partial charge in [-0.1, -0.05) is 31.2 Å². The maximum absolute atomic E-state index is 13.2. The number of imidazole rings is 1. The molecule has 0 radical (unpaired) electrons. The van der Waals surface area contributed by atoms with Crippen LogP contribution in [0.3, 0.4) is 0 Å². The number of nitrogens with zero attached hydrogens (tertiary/aromatic N) is 6. The number of nitrogens with two attached hydrogens (primary N) is 1. The number of unbranched alkanes of at least 4 members (excludes halogenated alkanes) is 4. The lowest BCUT2D eigenvalue weighted by atomic mass is 10.0. The number of piperidine rings is 1. The Kier molecular flexibility index (Phi) is 20.6. The summed E-state index contributed by atoms with van der Waals surface area (Å²) in [5, 5.41) is 26.0. The van der Waals surface area contributed by atoms with Crippen molar-refractivity contribution in [1.29, 1.82) is 0 Å². The number of benzene rings is 1. The minimum atomic E-state index is -1.22. The Balaban J connectivity index is 0.713. The second-order valence-corrected chi connectivity index (χ2v) is 17.0. The van der Waals surface area contributed by atoms with E-state index in [0.717, 1.165) is 37.0 Å². The Hall–Kier alpha value is -6.55. The molecule has 2 aliphatic rings. The largest absolute Gasteiger partial charge is 0.490 e. The molecule has 1 aromatic carbocycles. The van der Waals surface area contributed by atoms with E-state index in [0.29, 0.717) is 138 Å². The lowest BCUT2D eigenvalue weighted by Gasteiger charge is -2.27. The smallest absolute Gasteiger partial charge is 0.264 e. The molecule has 1 atom stereocenters. The van der Waals surface area contributed by atoms with Crippen molar-refractivity contribution in [1.82, 2.24) is 40.4 Å². The number of amides is 5. The fourth-order valence-corrected chi connectivity index (χ4v) is 7.71. The maximum Gasteiger partial charge on any atom is 0.264 e. The maximum atomic E-state index is 13.2. The van der Waals surface area contributed by atoms with Gasteiger partial charge < -0.3 is 54.5 Å². The van der Waals surface area contributed by atoms with Crippen molar-refractivity contribution in [3.63, 3.8) is 0 Å². The molecule has 23 heteroatoms. The molecule has 2 aliphatic heterocycles. The summed E-state index contributed by atoms with van der Waals surface area (Å²) in [6.07, 6.45) is 6.60. The topological polar surface area (TPSA) is 296 Å². The minimum Gasteiger partial charge on any atom is -0.490 e. The summed E-state index contributed by atoms with van der Waals surface area (Å²) in [6, 6.07) is 3.87. The van der Waals surface area contributed by atoms with Crippen molar-refractivity contribution in [3.8, 4) is 29.1 Å². The normalized spacial score (nSPS) is 14.7. The highest BCUT2D eigenvalue weighted by atomic mass is 16.6. The zero-order valence-electron chi connectivity index (χ0n) is 40.5. The first-order valence-electron chi connectivity index (χ1n) is 24.0. The second kappa shape index (κ2) is 27.2. The van der Waals surface area contributed by atoms with Crippen molar-refractivity contribution < 1.29 is 62.1 Å². The summed E-state index contributed by atoms with van der Waals surface area (Å²) in [4.78, 5) is 72.6. The first-order valence-corrected chi connectivity index (χ1v) is 24.0. The summed E-state index contributed by atoms with van der Waals surface area (Å²) < 4.78 is 40.7. The zero-order chi connectivity index (χ0) is 50.6. The molecule has 5 amide bonds. The van der Waals surface area contributed by atoms with Crippen LogP contribution in [0, 0.1) is 11.8 Å². The first kappa shape index (κ1) is 53.8. The van der Waals surface area contributed by atoms with Crippen LogP contribution in [0.25, 0.3) is 22.6 Å². The van der Waals surface area contributed by atoms with Gasteiger partial charge in [-0.25, -0.2) is 14.6 Å². The van der Waals surface area contributed by atoms with Crippen LogP contribution in [-0.4, -0.2) is 162 Å². The van der Waals surface area contributed by atoms with Gasteiger partial charge in [0.25, 0.3) is 11.8 Å². The Bertz CT molecular complexity index is 2510. The van der Waals surface area contributed by atoms with E-state index >= 15 is 0 Å². The summed E-state index contributed by atoms with van der Waals surface area (Å²) in [5.74, 6) is 4.60. The molecule has 3 aromatic heterocycles. The molecule has 0 spiro atoms. The standard InChI is InChI=1S/C48H64N10O13/c1-4-57-42-36(31-52-34(16-17-48(2,3)64)40(42)54-44(57)41-43(49)56-71-55-41)70-20-9-7-5-6-8-13-37(59)51-19-22-66-24-26-68-28-30-69-29-27-67-25-23-65-21-18-50-33-12-10-11-32-39(33)47(63)58(46(32)62)35-14-15-38(60)53-45(35)61/h10-12,31,35,50,64H,4-9,13-15,18-30H2,1-3H3,(H2,49,56)(H,51,59)(H,53,60,61). The number of hydrogen-bond donors (Lipinski definition) is 5. The number of rotatable bonds is 31. The molecular weight excluding hydrogens is 925 g/mol. The molecule has 1 unspecified atom stereocenters. The highest BCUT2D eigenvalue weighted by Crippen LogP contribution is 2.34. The van der Waals surface area contributed by atoms with Crippen LogP contribution in [0.2, 0.25) is 0 Å².